The van der Waals surface area contributed by atoms with Gasteiger partial charge in [-0.3, -0.25) is 4.79 Å². The Kier molecular flexibility index (Phi) is 7.77. The summed E-state index contributed by atoms with van der Waals surface area (Å²) < 4.78 is 5.68. The Morgan fingerprint density at radius 2 is 2.00 bits per heavy atom. The molecule has 2 rings (SSSR count). The van der Waals surface area contributed by atoms with Crippen LogP contribution in [0.1, 0.15) is 19.8 Å². The normalized spacial score (nSPS) is 16.5. The third-order valence-electron chi connectivity index (χ3n) is 3.75. The molecule has 0 spiro atoms. The number of piperidine rings is 1. The van der Waals surface area contributed by atoms with Crippen LogP contribution in [0.4, 0.5) is 0 Å². The molecule has 1 N–H and O–H groups in total. The molecule has 1 aromatic rings. The van der Waals surface area contributed by atoms with Gasteiger partial charge in [0.15, 0.2) is 6.10 Å². The number of hydrogen-bond acceptors (Lipinski definition) is 3. The van der Waals surface area contributed by atoms with E-state index in [0.717, 1.165) is 25.9 Å². The molecule has 1 amide bonds. The van der Waals surface area contributed by atoms with Crippen molar-refractivity contribution in [2.45, 2.75) is 31.9 Å². The van der Waals surface area contributed by atoms with Gasteiger partial charge in [0.1, 0.15) is 5.75 Å². The summed E-state index contributed by atoms with van der Waals surface area (Å²) in [5.41, 5.74) is 0. The van der Waals surface area contributed by atoms with Crippen molar-refractivity contribution < 1.29 is 9.53 Å². The first kappa shape index (κ1) is 19.4. The van der Waals surface area contributed by atoms with E-state index in [2.05, 4.69) is 5.32 Å². The van der Waals surface area contributed by atoms with E-state index >= 15 is 0 Å². The van der Waals surface area contributed by atoms with E-state index in [1.807, 2.05) is 7.05 Å². The van der Waals surface area contributed by atoms with E-state index in [4.69, 9.17) is 27.9 Å². The van der Waals surface area contributed by atoms with E-state index in [0.29, 0.717) is 15.8 Å². The minimum absolute atomic E-state index is 0. The van der Waals surface area contributed by atoms with Gasteiger partial charge in [0.2, 0.25) is 0 Å². The zero-order valence-corrected chi connectivity index (χ0v) is 15.0. The third kappa shape index (κ3) is 4.92. The van der Waals surface area contributed by atoms with Gasteiger partial charge in [-0.15, -0.1) is 12.4 Å². The Labute approximate surface area is 147 Å². The molecule has 124 valence electrons. The van der Waals surface area contributed by atoms with Crippen LogP contribution in [-0.4, -0.2) is 43.1 Å². The monoisotopic (exact) mass is 366 g/mol. The summed E-state index contributed by atoms with van der Waals surface area (Å²) in [6.45, 7) is 3.63. The van der Waals surface area contributed by atoms with Gasteiger partial charge >= 0.3 is 0 Å². The van der Waals surface area contributed by atoms with Crippen molar-refractivity contribution in [3.8, 4) is 5.75 Å². The Morgan fingerprint density at radius 3 is 2.59 bits per heavy atom. The van der Waals surface area contributed by atoms with Gasteiger partial charge in [0.25, 0.3) is 5.91 Å². The molecule has 1 saturated heterocycles. The van der Waals surface area contributed by atoms with E-state index in [1.165, 1.54) is 0 Å². The molecule has 4 nitrogen and oxygen atoms in total. The molecular formula is C15H21Cl3N2O2. The zero-order valence-electron chi connectivity index (χ0n) is 12.6. The molecule has 1 fully saturated rings. The SMILES string of the molecule is CC(Oc1ccc(Cl)cc1Cl)C(=O)N(C)C1CCNCC1.Cl. The maximum atomic E-state index is 12.4. The lowest BCUT2D eigenvalue weighted by atomic mass is 10.0. The van der Waals surface area contributed by atoms with Crippen molar-refractivity contribution in [3.05, 3.63) is 28.2 Å². The molecule has 0 aromatic heterocycles. The lowest BCUT2D eigenvalue weighted by Crippen LogP contribution is -2.48. The number of benzene rings is 1. The lowest BCUT2D eigenvalue weighted by Gasteiger charge is -2.33. The Bertz CT molecular complexity index is 508. The molecular weight excluding hydrogens is 347 g/mol. The zero-order chi connectivity index (χ0) is 15.4. The molecule has 0 bridgehead atoms. The van der Waals surface area contributed by atoms with Crippen LogP contribution < -0.4 is 10.1 Å². The van der Waals surface area contributed by atoms with Crippen LogP contribution in [0.3, 0.4) is 0 Å². The summed E-state index contributed by atoms with van der Waals surface area (Å²) in [6.07, 6.45) is 1.36. The molecule has 1 unspecified atom stereocenters. The van der Waals surface area contributed by atoms with Crippen LogP contribution in [0.15, 0.2) is 18.2 Å². The second kappa shape index (κ2) is 8.82. The fourth-order valence-electron chi connectivity index (χ4n) is 2.47. The maximum absolute atomic E-state index is 12.4. The minimum atomic E-state index is -0.580. The highest BCUT2D eigenvalue weighted by Gasteiger charge is 2.26. The second-order valence-electron chi connectivity index (χ2n) is 5.27. The lowest BCUT2D eigenvalue weighted by molar-refractivity contribution is -0.139. The standard InChI is InChI=1S/C15H20Cl2N2O2.ClH/c1-10(21-14-4-3-11(16)9-13(14)17)15(20)19(2)12-5-7-18-8-6-12;/h3-4,9-10,12,18H,5-8H2,1-2H3;1H. The van der Waals surface area contributed by atoms with Gasteiger partial charge < -0.3 is 15.0 Å². The number of rotatable bonds is 4. The maximum Gasteiger partial charge on any atom is 0.263 e. The van der Waals surface area contributed by atoms with Crippen LogP contribution >= 0.6 is 35.6 Å². The molecule has 0 aliphatic carbocycles. The number of nitrogens with zero attached hydrogens (tertiary/aromatic N) is 1. The van der Waals surface area contributed by atoms with Gasteiger partial charge in [-0.25, -0.2) is 0 Å². The van der Waals surface area contributed by atoms with Crippen molar-refractivity contribution >= 4 is 41.5 Å². The van der Waals surface area contributed by atoms with Gasteiger partial charge in [0.05, 0.1) is 5.02 Å². The fraction of sp³-hybridized carbons (Fsp3) is 0.533. The number of amides is 1. The Hall–Kier alpha value is -0.680. The number of hydrogen-bond donors (Lipinski definition) is 1. The number of halogens is 3. The summed E-state index contributed by atoms with van der Waals surface area (Å²) in [4.78, 5) is 14.2. The molecule has 0 saturated carbocycles. The van der Waals surface area contributed by atoms with Crippen LogP contribution in [-0.2, 0) is 4.79 Å². The van der Waals surface area contributed by atoms with Crippen molar-refractivity contribution in [3.63, 3.8) is 0 Å². The van der Waals surface area contributed by atoms with Crippen molar-refractivity contribution in [2.75, 3.05) is 20.1 Å². The summed E-state index contributed by atoms with van der Waals surface area (Å²) in [7, 11) is 1.83. The molecule has 22 heavy (non-hydrogen) atoms. The van der Waals surface area contributed by atoms with E-state index in [9.17, 15) is 4.79 Å². The van der Waals surface area contributed by atoms with E-state index < -0.39 is 6.10 Å². The second-order valence-corrected chi connectivity index (χ2v) is 6.11. The van der Waals surface area contributed by atoms with Gasteiger partial charge in [-0.2, -0.15) is 0 Å². The molecule has 1 heterocycles. The smallest absolute Gasteiger partial charge is 0.263 e. The molecule has 1 aliphatic rings. The number of carbonyl (C=O) groups excluding carboxylic acids is 1. The third-order valence-corrected chi connectivity index (χ3v) is 4.28. The van der Waals surface area contributed by atoms with Gasteiger partial charge in [-0.1, -0.05) is 23.2 Å². The van der Waals surface area contributed by atoms with Gasteiger partial charge in [0, 0.05) is 18.1 Å². The highest BCUT2D eigenvalue weighted by molar-refractivity contribution is 6.35. The quantitative estimate of drug-likeness (QED) is 0.887. The van der Waals surface area contributed by atoms with Crippen LogP contribution in [0, 0.1) is 0 Å². The summed E-state index contributed by atoms with van der Waals surface area (Å²) >= 11 is 11.9. The molecule has 1 aliphatic heterocycles. The number of carbonyl (C=O) groups is 1. The largest absolute Gasteiger partial charge is 0.479 e. The number of nitrogens with one attached hydrogen (secondary N) is 1. The van der Waals surface area contributed by atoms with E-state index in [1.54, 1.807) is 30.0 Å². The number of likely N-dealkylation sites (N-methyl/N-ethyl adjacent to an activating group) is 1. The first-order valence-corrected chi connectivity index (χ1v) is 7.83. The van der Waals surface area contributed by atoms with Crippen molar-refractivity contribution in [2.24, 2.45) is 0 Å². The number of ether oxygens (including phenoxy) is 1. The summed E-state index contributed by atoms with van der Waals surface area (Å²) in [5.74, 6) is 0.438. The van der Waals surface area contributed by atoms with Crippen molar-refractivity contribution in [1.29, 1.82) is 0 Å². The topological polar surface area (TPSA) is 41.6 Å². The van der Waals surface area contributed by atoms with Crippen LogP contribution in [0.25, 0.3) is 0 Å². The van der Waals surface area contributed by atoms with Gasteiger partial charge in [-0.05, 0) is 51.1 Å². The first-order chi connectivity index (χ1) is 9.99. The summed E-state index contributed by atoms with van der Waals surface area (Å²) in [6, 6.07) is 5.24. The highest BCUT2D eigenvalue weighted by Crippen LogP contribution is 2.28. The molecule has 1 atom stereocenters. The molecule has 0 radical (unpaired) electrons. The van der Waals surface area contributed by atoms with Crippen LogP contribution in [0.5, 0.6) is 5.75 Å². The predicted molar refractivity (Wildman–Crippen MR) is 92.5 cm³/mol. The Balaban J connectivity index is 0.00000242. The predicted octanol–water partition coefficient (Wildman–Crippen LogP) is 3.39. The minimum Gasteiger partial charge on any atom is -0.479 e. The molecule has 7 heteroatoms. The first-order valence-electron chi connectivity index (χ1n) is 7.08. The fourth-order valence-corrected chi connectivity index (χ4v) is 2.93. The average Bonchev–Trinajstić information content (AvgIpc) is 2.49. The average molecular weight is 368 g/mol. The Morgan fingerprint density at radius 1 is 1.36 bits per heavy atom. The molecule has 1 aromatic carbocycles. The van der Waals surface area contributed by atoms with Crippen LogP contribution in [0.2, 0.25) is 10.0 Å². The highest BCUT2D eigenvalue weighted by atomic mass is 35.5. The van der Waals surface area contributed by atoms with E-state index in [-0.39, 0.29) is 24.4 Å². The summed E-state index contributed by atoms with van der Waals surface area (Å²) in [5, 5.41) is 4.24. The van der Waals surface area contributed by atoms with Crippen molar-refractivity contribution in [1.82, 2.24) is 10.2 Å².